The summed E-state index contributed by atoms with van der Waals surface area (Å²) in [6.45, 7) is 2.30. The Morgan fingerprint density at radius 2 is 2.00 bits per heavy atom. The summed E-state index contributed by atoms with van der Waals surface area (Å²) in [6.07, 6.45) is 1.24. The molecule has 1 saturated heterocycles. The van der Waals surface area contributed by atoms with Crippen LogP contribution in [0.4, 0.5) is 0 Å². The molecule has 1 fully saturated rings. The number of nitrogens with zero attached hydrogens (tertiary/aromatic N) is 2. The molecule has 0 aliphatic carbocycles. The van der Waals surface area contributed by atoms with Crippen molar-refractivity contribution in [3.63, 3.8) is 0 Å². The average molecular weight is 532 g/mol. The Morgan fingerprint density at radius 3 is 2.58 bits per heavy atom. The standard InChI is InChI=1S/C25H29N3O6S2/c1-17-22(25(26)30)13-23(28(17)15-20-6-4-12-35-20)24(29)16-27(14-19-5-3-11-34-19)36(31,32)21-9-7-18(33-2)8-10-21/h4,6-10,12-13,19H,3,5,11,14-16H2,1-2H3,(H2,26,30). The molecule has 1 aliphatic heterocycles. The van der Waals surface area contributed by atoms with Crippen LogP contribution in [-0.4, -0.2) is 61.9 Å². The minimum Gasteiger partial charge on any atom is -0.497 e. The van der Waals surface area contributed by atoms with Crippen LogP contribution in [0.25, 0.3) is 0 Å². The van der Waals surface area contributed by atoms with Gasteiger partial charge in [-0.05, 0) is 61.5 Å². The van der Waals surface area contributed by atoms with Crippen molar-refractivity contribution in [1.29, 1.82) is 0 Å². The number of hydrogen-bond acceptors (Lipinski definition) is 7. The molecule has 0 saturated carbocycles. The van der Waals surface area contributed by atoms with Gasteiger partial charge in [0.25, 0.3) is 5.91 Å². The molecule has 3 aromatic rings. The van der Waals surface area contributed by atoms with E-state index in [2.05, 4.69) is 0 Å². The van der Waals surface area contributed by atoms with E-state index in [4.69, 9.17) is 15.2 Å². The number of hydrogen-bond donors (Lipinski definition) is 1. The third kappa shape index (κ3) is 5.54. The van der Waals surface area contributed by atoms with Gasteiger partial charge in [0.1, 0.15) is 5.75 Å². The van der Waals surface area contributed by atoms with E-state index >= 15 is 0 Å². The van der Waals surface area contributed by atoms with Gasteiger partial charge in [0.05, 0.1) is 42.5 Å². The summed E-state index contributed by atoms with van der Waals surface area (Å²) in [6, 6.07) is 11.3. The van der Waals surface area contributed by atoms with Crippen molar-refractivity contribution < 1.29 is 27.5 Å². The van der Waals surface area contributed by atoms with Crippen LogP contribution in [0, 0.1) is 6.92 Å². The molecule has 2 N–H and O–H groups in total. The number of thiophene rings is 1. The third-order valence-electron chi connectivity index (χ3n) is 6.26. The highest BCUT2D eigenvalue weighted by atomic mass is 32.2. The Kier molecular flexibility index (Phi) is 7.94. The van der Waals surface area contributed by atoms with Gasteiger partial charge in [-0.3, -0.25) is 9.59 Å². The van der Waals surface area contributed by atoms with Gasteiger partial charge < -0.3 is 19.8 Å². The number of carbonyl (C=O) groups is 2. The maximum absolute atomic E-state index is 13.6. The first-order valence-electron chi connectivity index (χ1n) is 11.5. The molecule has 0 radical (unpaired) electrons. The van der Waals surface area contributed by atoms with Gasteiger partial charge in [-0.1, -0.05) is 6.07 Å². The van der Waals surface area contributed by atoms with Crippen molar-refractivity contribution in [3.8, 4) is 5.75 Å². The van der Waals surface area contributed by atoms with E-state index in [-0.39, 0.29) is 28.8 Å². The first-order valence-corrected chi connectivity index (χ1v) is 13.8. The van der Waals surface area contributed by atoms with Crippen molar-refractivity contribution >= 4 is 33.1 Å². The molecular weight excluding hydrogens is 502 g/mol. The minimum absolute atomic E-state index is 0.0490. The fourth-order valence-electron chi connectivity index (χ4n) is 4.29. The molecule has 1 unspecified atom stereocenters. The second kappa shape index (κ2) is 11.0. The molecule has 4 rings (SSSR count). The second-order valence-corrected chi connectivity index (χ2v) is 11.6. The zero-order valence-electron chi connectivity index (χ0n) is 20.2. The highest BCUT2D eigenvalue weighted by Gasteiger charge is 2.32. The number of rotatable bonds is 11. The van der Waals surface area contributed by atoms with E-state index in [1.807, 2.05) is 17.5 Å². The normalized spacial score (nSPS) is 15.9. The number of amides is 1. The molecule has 3 heterocycles. The van der Waals surface area contributed by atoms with Crippen molar-refractivity contribution in [3.05, 3.63) is 69.7 Å². The van der Waals surface area contributed by atoms with E-state index in [0.717, 1.165) is 15.6 Å². The fourth-order valence-corrected chi connectivity index (χ4v) is 6.41. The lowest BCUT2D eigenvalue weighted by Crippen LogP contribution is -2.41. The molecular formula is C25H29N3O6S2. The van der Waals surface area contributed by atoms with Gasteiger partial charge in [0.2, 0.25) is 10.0 Å². The molecule has 192 valence electrons. The number of carbonyl (C=O) groups excluding carboxylic acids is 2. The van der Waals surface area contributed by atoms with Crippen molar-refractivity contribution in [1.82, 2.24) is 8.87 Å². The molecule has 2 aromatic heterocycles. The van der Waals surface area contributed by atoms with E-state index in [1.165, 1.54) is 36.6 Å². The van der Waals surface area contributed by atoms with Crippen LogP contribution in [0.3, 0.4) is 0 Å². The van der Waals surface area contributed by atoms with Crippen molar-refractivity contribution in [2.75, 3.05) is 26.8 Å². The van der Waals surface area contributed by atoms with Crippen LogP contribution in [0.1, 0.15) is 44.3 Å². The van der Waals surface area contributed by atoms with E-state index in [9.17, 15) is 18.0 Å². The van der Waals surface area contributed by atoms with Gasteiger partial charge in [-0.15, -0.1) is 11.3 Å². The lowest BCUT2D eigenvalue weighted by Gasteiger charge is -2.24. The summed E-state index contributed by atoms with van der Waals surface area (Å²) in [5.41, 5.74) is 6.58. The number of sulfonamides is 1. The van der Waals surface area contributed by atoms with Crippen LogP contribution >= 0.6 is 11.3 Å². The Bertz CT molecular complexity index is 1320. The first kappa shape index (κ1) is 26.1. The smallest absolute Gasteiger partial charge is 0.250 e. The Labute approximate surface area is 214 Å². The fraction of sp³-hybridized carbons (Fsp3) is 0.360. The van der Waals surface area contributed by atoms with E-state index in [0.29, 0.717) is 31.0 Å². The summed E-state index contributed by atoms with van der Waals surface area (Å²) in [5, 5.41) is 1.93. The Hall–Kier alpha value is -2.99. The Morgan fingerprint density at radius 1 is 1.25 bits per heavy atom. The molecule has 0 bridgehead atoms. The average Bonchev–Trinajstić information content (AvgIpc) is 3.62. The van der Waals surface area contributed by atoms with Gasteiger partial charge in [0, 0.05) is 23.7 Å². The predicted octanol–water partition coefficient (Wildman–Crippen LogP) is 3.07. The SMILES string of the molecule is COc1ccc(S(=O)(=O)N(CC(=O)c2cc(C(N)=O)c(C)n2Cc2cccs2)CC2CCCO2)cc1. The lowest BCUT2D eigenvalue weighted by atomic mass is 10.2. The van der Waals surface area contributed by atoms with Gasteiger partial charge in [-0.2, -0.15) is 4.31 Å². The van der Waals surface area contributed by atoms with Crippen molar-refractivity contribution in [2.24, 2.45) is 5.73 Å². The predicted molar refractivity (Wildman–Crippen MR) is 136 cm³/mol. The second-order valence-electron chi connectivity index (χ2n) is 8.59. The van der Waals surface area contributed by atoms with E-state index < -0.39 is 28.3 Å². The number of benzene rings is 1. The van der Waals surface area contributed by atoms with E-state index in [1.54, 1.807) is 23.6 Å². The maximum Gasteiger partial charge on any atom is 0.250 e. The van der Waals surface area contributed by atoms with Gasteiger partial charge in [0.15, 0.2) is 5.78 Å². The summed E-state index contributed by atoms with van der Waals surface area (Å²) in [4.78, 5) is 26.7. The zero-order valence-corrected chi connectivity index (χ0v) is 21.8. The summed E-state index contributed by atoms with van der Waals surface area (Å²) in [7, 11) is -2.52. The monoisotopic (exact) mass is 531 g/mol. The number of nitrogens with two attached hydrogens (primary N) is 1. The van der Waals surface area contributed by atoms with Gasteiger partial charge >= 0.3 is 0 Å². The summed E-state index contributed by atoms with van der Waals surface area (Å²) >= 11 is 1.52. The van der Waals surface area contributed by atoms with Crippen LogP contribution in [-0.2, 0) is 21.3 Å². The number of ketones is 1. The van der Waals surface area contributed by atoms with Crippen molar-refractivity contribution in [2.45, 2.75) is 37.3 Å². The van der Waals surface area contributed by atoms with Gasteiger partial charge in [-0.25, -0.2) is 8.42 Å². The number of primary amides is 1. The van der Waals surface area contributed by atoms with Crippen LogP contribution in [0.15, 0.2) is 52.7 Å². The maximum atomic E-state index is 13.6. The van der Waals surface area contributed by atoms with Crippen LogP contribution < -0.4 is 10.5 Å². The number of Topliss-reactive ketones (excluding diaryl/α,β-unsaturated/α-hetero) is 1. The van der Waals surface area contributed by atoms with Crippen LogP contribution in [0.5, 0.6) is 5.75 Å². The molecule has 1 amide bonds. The highest BCUT2D eigenvalue weighted by molar-refractivity contribution is 7.89. The molecule has 36 heavy (non-hydrogen) atoms. The number of aromatic nitrogens is 1. The topological polar surface area (TPSA) is 121 Å². The third-order valence-corrected chi connectivity index (χ3v) is 8.95. The molecule has 1 aromatic carbocycles. The number of methoxy groups -OCH3 is 1. The summed E-state index contributed by atoms with van der Waals surface area (Å²) < 4.78 is 40.9. The lowest BCUT2D eigenvalue weighted by molar-refractivity contribution is 0.0837. The molecule has 11 heteroatoms. The molecule has 1 atom stereocenters. The number of ether oxygens (including phenoxy) is 2. The quantitative estimate of drug-likeness (QED) is 0.380. The molecule has 0 spiro atoms. The minimum atomic E-state index is -4.02. The largest absolute Gasteiger partial charge is 0.497 e. The molecule has 1 aliphatic rings. The highest BCUT2D eigenvalue weighted by Crippen LogP contribution is 2.25. The van der Waals surface area contributed by atoms with Crippen LogP contribution in [0.2, 0.25) is 0 Å². The first-order chi connectivity index (χ1) is 17.2. The summed E-state index contributed by atoms with van der Waals surface area (Å²) in [5.74, 6) is -0.553. The Balaban J connectivity index is 1.68. The zero-order chi connectivity index (χ0) is 25.9. The molecule has 9 nitrogen and oxygen atoms in total.